The molecule has 0 aliphatic rings. The van der Waals surface area contributed by atoms with E-state index in [9.17, 15) is 0 Å². The first-order valence-corrected chi connectivity index (χ1v) is 12.2. The minimum atomic E-state index is 0.642. The first-order valence-electron chi connectivity index (χ1n) is 12.2. The highest BCUT2D eigenvalue weighted by atomic mass is 16.5. The van der Waals surface area contributed by atoms with E-state index in [1.807, 2.05) is 30.3 Å². The molecule has 2 heteroatoms. The maximum absolute atomic E-state index is 5.65. The molecule has 0 saturated carbocycles. The summed E-state index contributed by atoms with van der Waals surface area (Å²) in [4.78, 5) is 0. The van der Waals surface area contributed by atoms with Gasteiger partial charge in [0.1, 0.15) is 12.4 Å². The van der Waals surface area contributed by atoms with Crippen molar-refractivity contribution in [1.29, 1.82) is 0 Å². The number of hydrogen-bond acceptors (Lipinski definition) is 2. The molecular formula is C26H46O2. The number of unbranched alkanes of at least 4 members (excludes halogenated alkanes) is 15. The number of ether oxygens (including phenoxy) is 2. The molecule has 0 aliphatic carbocycles. The smallest absolute Gasteiger partial charge is 0.119 e. The van der Waals surface area contributed by atoms with E-state index in [1.54, 1.807) is 0 Å². The summed E-state index contributed by atoms with van der Waals surface area (Å²) >= 11 is 0. The predicted octanol–water partition coefficient (Wildman–Crippen LogP) is 8.34. The summed E-state index contributed by atoms with van der Waals surface area (Å²) in [5, 5.41) is 0. The van der Waals surface area contributed by atoms with Crippen LogP contribution in [0.1, 0.15) is 110 Å². The van der Waals surface area contributed by atoms with Crippen LogP contribution in [0.5, 0.6) is 5.75 Å². The van der Waals surface area contributed by atoms with Crippen molar-refractivity contribution in [2.24, 2.45) is 0 Å². The minimum Gasteiger partial charge on any atom is -0.491 e. The molecule has 0 spiro atoms. The largest absolute Gasteiger partial charge is 0.491 e. The van der Waals surface area contributed by atoms with Crippen molar-refractivity contribution >= 4 is 0 Å². The number of benzene rings is 1. The summed E-state index contributed by atoms with van der Waals surface area (Å²) in [5.74, 6) is 0.925. The van der Waals surface area contributed by atoms with E-state index < -0.39 is 0 Å². The Balaban J connectivity index is 1.67. The lowest BCUT2D eigenvalue weighted by molar-refractivity contribution is 0.0970. The molecule has 0 amide bonds. The molecule has 2 nitrogen and oxygen atoms in total. The molecule has 0 radical (unpaired) electrons. The van der Waals surface area contributed by atoms with Crippen LogP contribution in [0.3, 0.4) is 0 Å². The second-order valence-electron chi connectivity index (χ2n) is 8.08. The molecule has 0 unspecified atom stereocenters. The Morgan fingerprint density at radius 1 is 0.500 bits per heavy atom. The fraction of sp³-hybridized carbons (Fsp3) is 0.769. The Labute approximate surface area is 175 Å². The fourth-order valence-electron chi connectivity index (χ4n) is 3.59. The standard InChI is InChI=1S/C26H46O2/c1-2-3-4-5-6-7-8-9-10-11-12-13-14-15-16-20-23-27-24-25-28-26-21-18-17-19-22-26/h17-19,21-22H,2-16,20,23-25H2,1H3. The van der Waals surface area contributed by atoms with E-state index in [1.165, 1.54) is 103 Å². The average Bonchev–Trinajstić information content (AvgIpc) is 2.73. The van der Waals surface area contributed by atoms with Crippen molar-refractivity contribution in [3.63, 3.8) is 0 Å². The molecule has 0 atom stereocenters. The molecular weight excluding hydrogens is 344 g/mol. The van der Waals surface area contributed by atoms with Gasteiger partial charge >= 0.3 is 0 Å². The van der Waals surface area contributed by atoms with E-state index in [2.05, 4.69) is 6.92 Å². The topological polar surface area (TPSA) is 18.5 Å². The second-order valence-corrected chi connectivity index (χ2v) is 8.08. The summed E-state index contributed by atoms with van der Waals surface area (Å²) in [7, 11) is 0. The Hall–Kier alpha value is -1.02. The van der Waals surface area contributed by atoms with E-state index in [4.69, 9.17) is 9.47 Å². The van der Waals surface area contributed by atoms with Gasteiger partial charge in [-0.2, -0.15) is 0 Å². The van der Waals surface area contributed by atoms with Gasteiger partial charge in [-0.05, 0) is 18.6 Å². The predicted molar refractivity (Wildman–Crippen MR) is 122 cm³/mol. The lowest BCUT2D eigenvalue weighted by Crippen LogP contribution is -2.07. The third-order valence-electron chi connectivity index (χ3n) is 5.38. The van der Waals surface area contributed by atoms with Crippen molar-refractivity contribution in [2.45, 2.75) is 110 Å². The van der Waals surface area contributed by atoms with Gasteiger partial charge in [-0.15, -0.1) is 0 Å². The highest BCUT2D eigenvalue weighted by Gasteiger charge is 1.96. The van der Waals surface area contributed by atoms with Crippen LogP contribution >= 0.6 is 0 Å². The van der Waals surface area contributed by atoms with E-state index in [0.717, 1.165) is 12.4 Å². The van der Waals surface area contributed by atoms with Crippen LogP contribution in [0.25, 0.3) is 0 Å². The van der Waals surface area contributed by atoms with Crippen LogP contribution in [0.2, 0.25) is 0 Å². The summed E-state index contributed by atoms with van der Waals surface area (Å²) in [5.41, 5.74) is 0. The van der Waals surface area contributed by atoms with Crippen molar-refractivity contribution in [1.82, 2.24) is 0 Å². The molecule has 1 aromatic rings. The zero-order valence-electron chi connectivity index (χ0n) is 18.6. The molecule has 0 N–H and O–H groups in total. The second kappa shape index (κ2) is 20.7. The highest BCUT2D eigenvalue weighted by Crippen LogP contribution is 2.13. The van der Waals surface area contributed by atoms with Gasteiger partial charge in [0.2, 0.25) is 0 Å². The summed E-state index contributed by atoms with van der Waals surface area (Å²) < 4.78 is 11.3. The van der Waals surface area contributed by atoms with Crippen molar-refractivity contribution in [3.8, 4) is 5.75 Å². The van der Waals surface area contributed by atoms with Gasteiger partial charge in [-0.3, -0.25) is 0 Å². The van der Waals surface area contributed by atoms with Gasteiger partial charge in [-0.1, -0.05) is 121 Å². The molecule has 1 rings (SSSR count). The Morgan fingerprint density at radius 2 is 0.964 bits per heavy atom. The Kier molecular flexibility index (Phi) is 18.5. The minimum absolute atomic E-state index is 0.642. The highest BCUT2D eigenvalue weighted by molar-refractivity contribution is 5.20. The zero-order chi connectivity index (χ0) is 20.0. The van der Waals surface area contributed by atoms with Crippen molar-refractivity contribution in [3.05, 3.63) is 30.3 Å². The molecule has 0 heterocycles. The third kappa shape index (κ3) is 17.1. The van der Waals surface area contributed by atoms with Crippen LogP contribution < -0.4 is 4.74 Å². The van der Waals surface area contributed by atoms with Crippen LogP contribution in [0.4, 0.5) is 0 Å². The molecule has 162 valence electrons. The van der Waals surface area contributed by atoms with Crippen LogP contribution in [0, 0.1) is 0 Å². The summed E-state index contributed by atoms with van der Waals surface area (Å²) in [6.07, 6.45) is 22.5. The molecule has 1 aromatic carbocycles. The van der Waals surface area contributed by atoms with Gasteiger partial charge in [0.25, 0.3) is 0 Å². The van der Waals surface area contributed by atoms with Crippen molar-refractivity contribution < 1.29 is 9.47 Å². The number of para-hydroxylation sites is 1. The SMILES string of the molecule is CCCCCCCCCCCCCCCCCCOCCOc1ccccc1. The Bertz CT molecular complexity index is 404. The van der Waals surface area contributed by atoms with Crippen LogP contribution in [0.15, 0.2) is 30.3 Å². The Morgan fingerprint density at radius 3 is 1.46 bits per heavy atom. The van der Waals surface area contributed by atoms with Gasteiger partial charge in [0.15, 0.2) is 0 Å². The van der Waals surface area contributed by atoms with Crippen molar-refractivity contribution in [2.75, 3.05) is 19.8 Å². The molecule has 0 bridgehead atoms. The first-order chi connectivity index (χ1) is 13.9. The monoisotopic (exact) mass is 390 g/mol. The third-order valence-corrected chi connectivity index (χ3v) is 5.38. The molecule has 0 aliphatic heterocycles. The number of rotatable bonds is 21. The van der Waals surface area contributed by atoms with E-state index >= 15 is 0 Å². The first kappa shape index (κ1) is 25.0. The zero-order valence-corrected chi connectivity index (χ0v) is 18.6. The normalized spacial score (nSPS) is 11.0. The molecule has 0 saturated heterocycles. The fourth-order valence-corrected chi connectivity index (χ4v) is 3.59. The van der Waals surface area contributed by atoms with Crippen LogP contribution in [-0.2, 0) is 4.74 Å². The van der Waals surface area contributed by atoms with Gasteiger partial charge in [0, 0.05) is 6.61 Å². The van der Waals surface area contributed by atoms with Crippen LogP contribution in [-0.4, -0.2) is 19.8 Å². The van der Waals surface area contributed by atoms with E-state index in [0.29, 0.717) is 13.2 Å². The lowest BCUT2D eigenvalue weighted by Gasteiger charge is -2.07. The molecule has 28 heavy (non-hydrogen) atoms. The summed E-state index contributed by atoms with van der Waals surface area (Å²) in [6.45, 7) is 4.49. The summed E-state index contributed by atoms with van der Waals surface area (Å²) in [6, 6.07) is 9.95. The lowest BCUT2D eigenvalue weighted by atomic mass is 10.0. The maximum atomic E-state index is 5.65. The van der Waals surface area contributed by atoms with Gasteiger partial charge < -0.3 is 9.47 Å². The van der Waals surface area contributed by atoms with Gasteiger partial charge in [0.05, 0.1) is 6.61 Å². The molecule has 0 aromatic heterocycles. The quantitative estimate of drug-likeness (QED) is 0.196. The number of hydrogen-bond donors (Lipinski definition) is 0. The average molecular weight is 391 g/mol. The van der Waals surface area contributed by atoms with Gasteiger partial charge in [-0.25, -0.2) is 0 Å². The maximum Gasteiger partial charge on any atom is 0.119 e. The molecule has 0 fully saturated rings. The van der Waals surface area contributed by atoms with E-state index in [-0.39, 0.29) is 0 Å².